The predicted octanol–water partition coefficient (Wildman–Crippen LogP) is 2.98. The number of amides is 2. The van der Waals surface area contributed by atoms with E-state index in [4.69, 9.17) is 4.74 Å². The summed E-state index contributed by atoms with van der Waals surface area (Å²) in [6.07, 6.45) is -3.49. The first-order valence-electron chi connectivity index (χ1n) is 9.31. The van der Waals surface area contributed by atoms with Gasteiger partial charge in [0.1, 0.15) is 5.60 Å². The zero-order valence-corrected chi connectivity index (χ0v) is 16.8. The van der Waals surface area contributed by atoms with Crippen molar-refractivity contribution < 1.29 is 27.5 Å². The monoisotopic (exact) mass is 425 g/mol. The minimum Gasteiger partial charge on any atom is -0.444 e. The molecule has 1 saturated heterocycles. The van der Waals surface area contributed by atoms with Crippen LogP contribution in [0.1, 0.15) is 36.8 Å². The summed E-state index contributed by atoms with van der Waals surface area (Å²) in [5.74, 6) is -0.364. The second-order valence-corrected chi connectivity index (χ2v) is 7.85. The molecule has 1 aromatic carbocycles. The Morgan fingerprint density at radius 2 is 1.53 bits per heavy atom. The zero-order chi connectivity index (χ0) is 22.1. The number of piperazine rings is 1. The molecule has 2 heterocycles. The molecule has 0 saturated carbocycles. The Bertz CT molecular complexity index is 911. The number of rotatable bonds is 2. The minimum absolute atomic E-state index is 0.0700. The number of nitrogens with zero attached hydrogens (tertiary/aromatic N) is 5. The second kappa shape index (κ2) is 7.96. The van der Waals surface area contributed by atoms with Gasteiger partial charge in [-0.25, -0.2) is 9.48 Å². The van der Waals surface area contributed by atoms with Crippen molar-refractivity contribution in [2.75, 3.05) is 26.2 Å². The average Bonchev–Trinajstić information content (AvgIpc) is 3.16. The maximum Gasteiger partial charge on any atom is 0.416 e. The van der Waals surface area contributed by atoms with Crippen molar-refractivity contribution in [2.24, 2.45) is 0 Å². The van der Waals surface area contributed by atoms with Crippen molar-refractivity contribution in [1.29, 1.82) is 0 Å². The first-order chi connectivity index (χ1) is 13.9. The van der Waals surface area contributed by atoms with E-state index in [1.165, 1.54) is 27.9 Å². The van der Waals surface area contributed by atoms with Gasteiger partial charge in [0.2, 0.25) is 0 Å². The fourth-order valence-electron chi connectivity index (χ4n) is 2.87. The number of ether oxygens (including phenoxy) is 1. The van der Waals surface area contributed by atoms with Crippen LogP contribution in [0.15, 0.2) is 30.5 Å². The molecular formula is C19H22F3N5O3. The second-order valence-electron chi connectivity index (χ2n) is 7.85. The van der Waals surface area contributed by atoms with E-state index in [0.717, 1.165) is 12.1 Å². The van der Waals surface area contributed by atoms with Crippen molar-refractivity contribution in [3.63, 3.8) is 0 Å². The van der Waals surface area contributed by atoms with Crippen molar-refractivity contribution >= 4 is 12.0 Å². The molecule has 162 valence electrons. The van der Waals surface area contributed by atoms with Crippen LogP contribution in [0.2, 0.25) is 0 Å². The highest BCUT2D eigenvalue weighted by atomic mass is 19.4. The molecule has 2 amide bonds. The molecule has 0 aliphatic carbocycles. The molecule has 30 heavy (non-hydrogen) atoms. The predicted molar refractivity (Wildman–Crippen MR) is 100 cm³/mol. The van der Waals surface area contributed by atoms with Crippen LogP contribution in [-0.4, -0.2) is 68.6 Å². The summed E-state index contributed by atoms with van der Waals surface area (Å²) in [4.78, 5) is 27.9. The van der Waals surface area contributed by atoms with Gasteiger partial charge in [0.25, 0.3) is 5.91 Å². The first kappa shape index (κ1) is 21.6. The normalized spacial score (nSPS) is 15.3. The molecule has 1 fully saturated rings. The fraction of sp³-hybridized carbons (Fsp3) is 0.474. The van der Waals surface area contributed by atoms with E-state index >= 15 is 0 Å². The maximum absolute atomic E-state index is 12.7. The number of halogens is 3. The Morgan fingerprint density at radius 1 is 0.967 bits per heavy atom. The van der Waals surface area contributed by atoms with Gasteiger partial charge in [0.05, 0.1) is 17.4 Å². The lowest BCUT2D eigenvalue weighted by atomic mass is 10.2. The molecule has 1 aliphatic heterocycles. The lowest BCUT2D eigenvalue weighted by molar-refractivity contribution is -0.137. The van der Waals surface area contributed by atoms with E-state index in [1.807, 2.05) is 0 Å². The third-order valence-corrected chi connectivity index (χ3v) is 4.39. The van der Waals surface area contributed by atoms with Crippen LogP contribution in [0.25, 0.3) is 5.69 Å². The lowest BCUT2D eigenvalue weighted by Gasteiger charge is -2.35. The third kappa shape index (κ3) is 5.08. The Kier molecular flexibility index (Phi) is 5.73. The van der Waals surface area contributed by atoms with Gasteiger partial charge < -0.3 is 14.5 Å². The van der Waals surface area contributed by atoms with Gasteiger partial charge in [-0.05, 0) is 45.0 Å². The lowest BCUT2D eigenvalue weighted by Crippen LogP contribution is -2.51. The molecule has 0 radical (unpaired) electrons. The van der Waals surface area contributed by atoms with Crippen molar-refractivity contribution in [3.05, 3.63) is 41.7 Å². The van der Waals surface area contributed by atoms with Gasteiger partial charge >= 0.3 is 12.3 Å². The number of carbonyl (C=O) groups excluding carboxylic acids is 2. The van der Waals surface area contributed by atoms with Gasteiger partial charge in [0, 0.05) is 26.2 Å². The molecule has 11 heteroatoms. The highest BCUT2D eigenvalue weighted by molar-refractivity contribution is 5.92. The largest absolute Gasteiger partial charge is 0.444 e. The minimum atomic E-state index is -4.43. The molecule has 0 spiro atoms. The summed E-state index contributed by atoms with van der Waals surface area (Å²) in [7, 11) is 0. The van der Waals surface area contributed by atoms with Crippen LogP contribution < -0.4 is 0 Å². The zero-order valence-electron chi connectivity index (χ0n) is 16.8. The van der Waals surface area contributed by atoms with Crippen LogP contribution in [0.5, 0.6) is 0 Å². The molecule has 0 unspecified atom stereocenters. The summed E-state index contributed by atoms with van der Waals surface area (Å²) in [5, 5.41) is 7.67. The maximum atomic E-state index is 12.7. The molecule has 8 nitrogen and oxygen atoms in total. The SMILES string of the molecule is CC(C)(C)OC(=O)N1CCN(C(=O)c2cn(-c3ccc(C(F)(F)F)cc3)nn2)CC1. The Balaban J connectivity index is 1.61. The van der Waals surface area contributed by atoms with E-state index < -0.39 is 23.4 Å². The van der Waals surface area contributed by atoms with Crippen LogP contribution in [-0.2, 0) is 10.9 Å². The van der Waals surface area contributed by atoms with E-state index in [9.17, 15) is 22.8 Å². The molecule has 0 atom stereocenters. The average molecular weight is 425 g/mol. The smallest absolute Gasteiger partial charge is 0.416 e. The molecule has 0 bridgehead atoms. The van der Waals surface area contributed by atoms with Crippen LogP contribution >= 0.6 is 0 Å². The summed E-state index contributed by atoms with van der Waals surface area (Å²) < 4.78 is 44.6. The van der Waals surface area contributed by atoms with Crippen molar-refractivity contribution in [1.82, 2.24) is 24.8 Å². The van der Waals surface area contributed by atoms with E-state index in [-0.39, 0.29) is 11.6 Å². The first-order valence-corrected chi connectivity index (χ1v) is 9.31. The third-order valence-electron chi connectivity index (χ3n) is 4.39. The van der Waals surface area contributed by atoms with Gasteiger partial charge in [-0.1, -0.05) is 5.21 Å². The molecule has 3 rings (SSSR count). The molecule has 0 N–H and O–H groups in total. The number of benzene rings is 1. The molecule has 1 aromatic heterocycles. The van der Waals surface area contributed by atoms with Gasteiger partial charge in [-0.15, -0.1) is 5.10 Å². The Hall–Kier alpha value is -3.11. The highest BCUT2D eigenvalue weighted by Crippen LogP contribution is 2.29. The number of hydrogen-bond donors (Lipinski definition) is 0. The van der Waals surface area contributed by atoms with Gasteiger partial charge in [0.15, 0.2) is 5.69 Å². The molecule has 2 aromatic rings. The number of aromatic nitrogens is 3. The van der Waals surface area contributed by atoms with Crippen LogP contribution in [0, 0.1) is 0 Å². The van der Waals surface area contributed by atoms with Crippen molar-refractivity contribution in [3.8, 4) is 5.69 Å². The summed E-state index contributed by atoms with van der Waals surface area (Å²) in [6.45, 7) is 6.62. The molecular weight excluding hydrogens is 403 g/mol. The van der Waals surface area contributed by atoms with Gasteiger partial charge in [-0.2, -0.15) is 13.2 Å². The Labute approximate surface area is 171 Å². The number of carbonyl (C=O) groups is 2. The van der Waals surface area contributed by atoms with E-state index in [2.05, 4.69) is 10.3 Å². The van der Waals surface area contributed by atoms with Crippen LogP contribution in [0.3, 0.4) is 0 Å². The van der Waals surface area contributed by atoms with Gasteiger partial charge in [-0.3, -0.25) is 4.79 Å². The summed E-state index contributed by atoms with van der Waals surface area (Å²) in [5.41, 5.74) is -0.948. The summed E-state index contributed by atoms with van der Waals surface area (Å²) >= 11 is 0. The van der Waals surface area contributed by atoms with E-state index in [0.29, 0.717) is 31.9 Å². The highest BCUT2D eigenvalue weighted by Gasteiger charge is 2.31. The van der Waals surface area contributed by atoms with E-state index in [1.54, 1.807) is 25.7 Å². The number of alkyl halides is 3. The standard InChI is InChI=1S/C19H22F3N5O3/c1-18(2,3)30-17(29)26-10-8-25(9-11-26)16(28)15-12-27(24-23-15)14-6-4-13(5-7-14)19(20,21)22/h4-7,12H,8-11H2,1-3H3. The fourth-order valence-corrected chi connectivity index (χ4v) is 2.87. The Morgan fingerprint density at radius 3 is 2.07 bits per heavy atom. The van der Waals surface area contributed by atoms with Crippen LogP contribution in [0.4, 0.5) is 18.0 Å². The topological polar surface area (TPSA) is 80.6 Å². The molecule has 1 aliphatic rings. The van der Waals surface area contributed by atoms with Crippen molar-refractivity contribution in [2.45, 2.75) is 32.5 Å². The number of hydrogen-bond acceptors (Lipinski definition) is 5. The quantitative estimate of drug-likeness (QED) is 0.739. The summed E-state index contributed by atoms with van der Waals surface area (Å²) in [6, 6.07) is 4.39.